The van der Waals surface area contributed by atoms with Crippen LogP contribution in [0, 0.1) is 0 Å². The lowest BCUT2D eigenvalue weighted by Gasteiger charge is -2.31. The average Bonchev–Trinajstić information content (AvgIpc) is 2.28. The second kappa shape index (κ2) is 4.55. The molecule has 0 saturated heterocycles. The van der Waals surface area contributed by atoms with Crippen molar-refractivity contribution in [2.75, 3.05) is 6.61 Å². The Balaban J connectivity index is 3.01. The predicted molar refractivity (Wildman–Crippen MR) is 53.7 cm³/mol. The lowest BCUT2D eigenvalue weighted by Crippen LogP contribution is -2.41. The standard InChI is InChI=1S/C11H16O3/c1-2-11(14,10(13)8-12)9-6-4-3-5-7-9/h3-7,10,12-14H,2,8H2,1H3. The molecule has 0 radical (unpaired) electrons. The van der Waals surface area contributed by atoms with Crippen LogP contribution in [-0.4, -0.2) is 28.0 Å². The molecule has 0 aliphatic carbocycles. The van der Waals surface area contributed by atoms with Gasteiger partial charge in [-0.15, -0.1) is 0 Å². The molecule has 3 nitrogen and oxygen atoms in total. The van der Waals surface area contributed by atoms with E-state index in [0.717, 1.165) is 0 Å². The predicted octanol–water partition coefficient (Wildman–Crippen LogP) is 0.637. The Morgan fingerprint density at radius 3 is 2.29 bits per heavy atom. The van der Waals surface area contributed by atoms with Gasteiger partial charge in [0.15, 0.2) is 0 Å². The third-order valence-corrected chi connectivity index (χ3v) is 2.54. The molecular weight excluding hydrogens is 180 g/mol. The minimum atomic E-state index is -1.35. The molecule has 0 amide bonds. The monoisotopic (exact) mass is 196 g/mol. The summed E-state index contributed by atoms with van der Waals surface area (Å²) in [6, 6.07) is 8.90. The first-order valence-corrected chi connectivity index (χ1v) is 4.72. The highest BCUT2D eigenvalue weighted by Crippen LogP contribution is 2.28. The van der Waals surface area contributed by atoms with Crippen LogP contribution in [-0.2, 0) is 5.60 Å². The summed E-state index contributed by atoms with van der Waals surface area (Å²) >= 11 is 0. The fraction of sp³-hybridized carbons (Fsp3) is 0.455. The maximum absolute atomic E-state index is 10.1. The molecule has 3 N–H and O–H groups in total. The molecule has 14 heavy (non-hydrogen) atoms. The van der Waals surface area contributed by atoms with E-state index in [1.807, 2.05) is 6.07 Å². The van der Waals surface area contributed by atoms with Gasteiger partial charge in [0.2, 0.25) is 0 Å². The smallest absolute Gasteiger partial charge is 0.117 e. The highest BCUT2D eigenvalue weighted by Gasteiger charge is 2.34. The van der Waals surface area contributed by atoms with E-state index < -0.39 is 18.3 Å². The maximum Gasteiger partial charge on any atom is 0.117 e. The molecule has 2 unspecified atom stereocenters. The number of aliphatic hydroxyl groups excluding tert-OH is 2. The minimum absolute atomic E-state index is 0.360. The van der Waals surface area contributed by atoms with Gasteiger partial charge in [-0.1, -0.05) is 37.3 Å². The molecule has 3 heteroatoms. The molecule has 0 aliphatic heterocycles. The van der Waals surface area contributed by atoms with Crippen molar-refractivity contribution in [2.24, 2.45) is 0 Å². The largest absolute Gasteiger partial charge is 0.394 e. The van der Waals surface area contributed by atoms with Crippen LogP contribution in [0.3, 0.4) is 0 Å². The summed E-state index contributed by atoms with van der Waals surface area (Å²) in [6.07, 6.45) is -0.784. The fourth-order valence-corrected chi connectivity index (χ4v) is 1.51. The number of aliphatic hydroxyl groups is 3. The molecule has 2 atom stereocenters. The summed E-state index contributed by atoms with van der Waals surface area (Å²) in [5.41, 5.74) is -0.722. The van der Waals surface area contributed by atoms with Crippen LogP contribution in [0.1, 0.15) is 18.9 Å². The molecule has 1 rings (SSSR count). The zero-order chi connectivity index (χ0) is 10.6. The Kier molecular flexibility index (Phi) is 3.63. The van der Waals surface area contributed by atoms with E-state index in [1.165, 1.54) is 0 Å². The lowest BCUT2D eigenvalue weighted by molar-refractivity contribution is -0.102. The van der Waals surface area contributed by atoms with Crippen LogP contribution >= 0.6 is 0 Å². The Hall–Kier alpha value is -0.900. The molecular formula is C11H16O3. The summed E-state index contributed by atoms with van der Waals surface area (Å²) < 4.78 is 0. The first-order chi connectivity index (χ1) is 6.65. The van der Waals surface area contributed by atoms with E-state index in [1.54, 1.807) is 31.2 Å². The van der Waals surface area contributed by atoms with Crippen molar-refractivity contribution in [1.82, 2.24) is 0 Å². The van der Waals surface area contributed by atoms with Gasteiger partial charge in [-0.25, -0.2) is 0 Å². The van der Waals surface area contributed by atoms with Crippen LogP contribution in [0.4, 0.5) is 0 Å². The van der Waals surface area contributed by atoms with Crippen LogP contribution in [0.2, 0.25) is 0 Å². The first-order valence-electron chi connectivity index (χ1n) is 4.72. The van der Waals surface area contributed by atoms with Crippen molar-refractivity contribution in [3.8, 4) is 0 Å². The second-order valence-corrected chi connectivity index (χ2v) is 3.34. The molecule has 0 heterocycles. The van der Waals surface area contributed by atoms with Crippen molar-refractivity contribution < 1.29 is 15.3 Å². The molecule has 0 spiro atoms. The Labute approximate surface area is 83.6 Å². The maximum atomic E-state index is 10.1. The van der Waals surface area contributed by atoms with Gasteiger partial charge in [0.25, 0.3) is 0 Å². The molecule has 0 saturated carbocycles. The first kappa shape index (κ1) is 11.2. The summed E-state index contributed by atoms with van der Waals surface area (Å²) in [4.78, 5) is 0. The van der Waals surface area contributed by atoms with Gasteiger partial charge in [0, 0.05) is 0 Å². The average molecular weight is 196 g/mol. The third kappa shape index (κ3) is 1.95. The van der Waals surface area contributed by atoms with Gasteiger partial charge < -0.3 is 15.3 Å². The molecule has 78 valence electrons. The SMILES string of the molecule is CCC(O)(c1ccccc1)C(O)CO. The van der Waals surface area contributed by atoms with E-state index in [2.05, 4.69) is 0 Å². The van der Waals surface area contributed by atoms with Crippen LogP contribution in [0.25, 0.3) is 0 Å². The van der Waals surface area contributed by atoms with Gasteiger partial charge in [0.1, 0.15) is 11.7 Å². The number of hydrogen-bond acceptors (Lipinski definition) is 3. The lowest BCUT2D eigenvalue weighted by atomic mass is 9.86. The van der Waals surface area contributed by atoms with E-state index in [4.69, 9.17) is 5.11 Å². The van der Waals surface area contributed by atoms with Gasteiger partial charge in [-0.05, 0) is 12.0 Å². The third-order valence-electron chi connectivity index (χ3n) is 2.54. The van der Waals surface area contributed by atoms with E-state index >= 15 is 0 Å². The molecule has 1 aromatic carbocycles. The van der Waals surface area contributed by atoms with Crippen LogP contribution in [0.15, 0.2) is 30.3 Å². The fourth-order valence-electron chi connectivity index (χ4n) is 1.51. The summed E-state index contributed by atoms with van der Waals surface area (Å²) in [7, 11) is 0. The molecule has 0 aromatic heterocycles. The van der Waals surface area contributed by atoms with Crippen molar-refractivity contribution in [2.45, 2.75) is 25.0 Å². The molecule has 0 aliphatic rings. The van der Waals surface area contributed by atoms with Gasteiger partial charge in [0.05, 0.1) is 6.61 Å². The van der Waals surface area contributed by atoms with Crippen molar-refractivity contribution in [3.63, 3.8) is 0 Å². The van der Waals surface area contributed by atoms with Crippen molar-refractivity contribution in [3.05, 3.63) is 35.9 Å². The Morgan fingerprint density at radius 2 is 1.86 bits per heavy atom. The number of hydrogen-bond donors (Lipinski definition) is 3. The van der Waals surface area contributed by atoms with E-state index in [9.17, 15) is 10.2 Å². The van der Waals surface area contributed by atoms with Crippen LogP contribution < -0.4 is 0 Å². The summed E-state index contributed by atoms with van der Waals surface area (Å²) in [5, 5.41) is 28.5. The van der Waals surface area contributed by atoms with Crippen molar-refractivity contribution >= 4 is 0 Å². The van der Waals surface area contributed by atoms with Crippen molar-refractivity contribution in [1.29, 1.82) is 0 Å². The van der Waals surface area contributed by atoms with E-state index in [0.29, 0.717) is 12.0 Å². The highest BCUT2D eigenvalue weighted by atomic mass is 16.4. The zero-order valence-corrected chi connectivity index (χ0v) is 8.22. The van der Waals surface area contributed by atoms with Gasteiger partial charge in [-0.2, -0.15) is 0 Å². The minimum Gasteiger partial charge on any atom is -0.394 e. The molecule has 0 bridgehead atoms. The normalized spacial score (nSPS) is 17.4. The second-order valence-electron chi connectivity index (χ2n) is 3.34. The Bertz CT molecular complexity index is 273. The Morgan fingerprint density at radius 1 is 1.29 bits per heavy atom. The number of benzene rings is 1. The molecule has 0 fully saturated rings. The zero-order valence-electron chi connectivity index (χ0n) is 8.22. The summed E-state index contributed by atoms with van der Waals surface area (Å²) in [5.74, 6) is 0. The summed E-state index contributed by atoms with van der Waals surface area (Å²) in [6.45, 7) is 1.32. The highest BCUT2D eigenvalue weighted by molar-refractivity contribution is 5.23. The van der Waals surface area contributed by atoms with E-state index in [-0.39, 0.29) is 0 Å². The van der Waals surface area contributed by atoms with Gasteiger partial charge in [-0.3, -0.25) is 0 Å². The van der Waals surface area contributed by atoms with Gasteiger partial charge >= 0.3 is 0 Å². The van der Waals surface area contributed by atoms with Crippen LogP contribution in [0.5, 0.6) is 0 Å². The quantitative estimate of drug-likeness (QED) is 0.662. The number of rotatable bonds is 4. The molecule has 1 aromatic rings. The topological polar surface area (TPSA) is 60.7 Å².